The first-order valence-corrected chi connectivity index (χ1v) is 10.3. The molecule has 4 nitrogen and oxygen atoms in total. The summed E-state index contributed by atoms with van der Waals surface area (Å²) < 4.78 is 5.96. The van der Waals surface area contributed by atoms with Crippen LogP contribution in [0.15, 0.2) is 96.6 Å². The van der Waals surface area contributed by atoms with Crippen molar-refractivity contribution in [2.75, 3.05) is 5.32 Å². The average molecular weight is 418 g/mol. The van der Waals surface area contributed by atoms with Gasteiger partial charge in [-0.3, -0.25) is 4.79 Å². The van der Waals surface area contributed by atoms with Gasteiger partial charge in [0.05, 0.1) is 0 Å². The molecule has 4 heteroatoms. The second-order valence-corrected chi connectivity index (χ2v) is 7.49. The average Bonchev–Trinajstić information content (AvgIpc) is 2.82. The lowest BCUT2D eigenvalue weighted by Crippen LogP contribution is -2.13. The second-order valence-electron chi connectivity index (χ2n) is 7.49. The molecule has 0 unspecified atom stereocenters. The van der Waals surface area contributed by atoms with Crippen molar-refractivity contribution in [2.45, 2.75) is 13.5 Å². The van der Waals surface area contributed by atoms with E-state index in [-0.39, 0.29) is 5.57 Å². The van der Waals surface area contributed by atoms with E-state index in [1.54, 1.807) is 12.1 Å². The number of hydrogen-bond donors (Lipinski definition) is 1. The number of rotatable bonds is 6. The molecule has 4 aromatic rings. The molecule has 0 heterocycles. The van der Waals surface area contributed by atoms with E-state index >= 15 is 0 Å². The summed E-state index contributed by atoms with van der Waals surface area (Å²) in [5.41, 5.74) is 3.60. The van der Waals surface area contributed by atoms with E-state index in [0.29, 0.717) is 12.3 Å². The topological polar surface area (TPSA) is 62.1 Å². The van der Waals surface area contributed by atoms with Crippen LogP contribution in [0.3, 0.4) is 0 Å². The van der Waals surface area contributed by atoms with Crippen molar-refractivity contribution in [1.82, 2.24) is 0 Å². The zero-order valence-corrected chi connectivity index (χ0v) is 17.7. The molecule has 32 heavy (non-hydrogen) atoms. The summed E-state index contributed by atoms with van der Waals surface area (Å²) in [4.78, 5) is 12.5. The molecule has 0 aromatic heterocycles. The molecule has 0 saturated carbocycles. The predicted octanol–water partition coefficient (Wildman–Crippen LogP) is 6.27. The lowest BCUT2D eigenvalue weighted by atomic mass is 10.1. The van der Waals surface area contributed by atoms with Gasteiger partial charge in [0.2, 0.25) is 0 Å². The maximum Gasteiger partial charge on any atom is 0.266 e. The Labute approximate surface area is 187 Å². The van der Waals surface area contributed by atoms with Gasteiger partial charge in [0, 0.05) is 5.69 Å². The molecule has 0 aliphatic carbocycles. The second kappa shape index (κ2) is 9.63. The van der Waals surface area contributed by atoms with Gasteiger partial charge >= 0.3 is 0 Å². The monoisotopic (exact) mass is 418 g/mol. The molecule has 0 atom stereocenters. The fraction of sp³-hybridized carbons (Fsp3) is 0.0714. The maximum absolute atomic E-state index is 12.5. The predicted molar refractivity (Wildman–Crippen MR) is 128 cm³/mol. The Morgan fingerprint density at radius 2 is 1.72 bits per heavy atom. The van der Waals surface area contributed by atoms with Gasteiger partial charge in [0.15, 0.2) is 0 Å². The Hall–Kier alpha value is -4.36. The molecule has 1 N–H and O–H groups in total. The third kappa shape index (κ3) is 5.03. The summed E-state index contributed by atoms with van der Waals surface area (Å²) in [5.74, 6) is 0.284. The number of amides is 1. The van der Waals surface area contributed by atoms with E-state index in [0.717, 1.165) is 22.4 Å². The van der Waals surface area contributed by atoms with Gasteiger partial charge < -0.3 is 10.1 Å². The molecule has 0 saturated heterocycles. The molecule has 156 valence electrons. The smallest absolute Gasteiger partial charge is 0.266 e. The minimum Gasteiger partial charge on any atom is -0.489 e. The van der Waals surface area contributed by atoms with Crippen molar-refractivity contribution in [3.05, 3.63) is 113 Å². The number of carbonyl (C=O) groups is 1. The highest BCUT2D eigenvalue weighted by Crippen LogP contribution is 2.21. The normalized spacial score (nSPS) is 11.1. The molecule has 4 rings (SSSR count). The maximum atomic E-state index is 12.5. The number of nitrogens with one attached hydrogen (secondary N) is 1. The number of aryl methyl sites for hydroxylation is 1. The molecule has 1 amide bonds. The summed E-state index contributed by atoms with van der Waals surface area (Å²) >= 11 is 0. The molecular weight excluding hydrogens is 396 g/mol. The molecule has 4 aromatic carbocycles. The quantitative estimate of drug-likeness (QED) is 0.296. The first-order chi connectivity index (χ1) is 15.6. The zero-order chi connectivity index (χ0) is 22.3. The van der Waals surface area contributed by atoms with Crippen molar-refractivity contribution in [2.24, 2.45) is 0 Å². The van der Waals surface area contributed by atoms with Crippen LogP contribution in [0.2, 0.25) is 0 Å². The molecule has 0 spiro atoms. The van der Waals surface area contributed by atoms with Gasteiger partial charge in [0.1, 0.15) is 24.0 Å². The highest BCUT2D eigenvalue weighted by molar-refractivity contribution is 6.09. The summed E-state index contributed by atoms with van der Waals surface area (Å²) in [6.45, 7) is 2.40. The standard InChI is InChI=1S/C28H22N2O2/c1-20-6-4-10-25(16-20)30-28(31)24(18-29)17-21-12-14-26(15-13-21)32-19-23-9-5-8-22-7-2-3-11-27(22)23/h2-17H,19H2,1H3,(H,30,31)/b24-17-. The first kappa shape index (κ1) is 20.9. The highest BCUT2D eigenvalue weighted by atomic mass is 16.5. The number of benzene rings is 4. The van der Waals surface area contributed by atoms with E-state index in [2.05, 4.69) is 29.6 Å². The van der Waals surface area contributed by atoms with E-state index in [4.69, 9.17) is 4.74 Å². The minimum atomic E-state index is -0.436. The van der Waals surface area contributed by atoms with Crippen LogP contribution in [-0.2, 0) is 11.4 Å². The molecule has 0 bridgehead atoms. The van der Waals surface area contributed by atoms with Crippen LogP contribution in [0, 0.1) is 18.3 Å². The molecule has 0 aliphatic heterocycles. The van der Waals surface area contributed by atoms with Crippen LogP contribution < -0.4 is 10.1 Å². The number of carbonyl (C=O) groups excluding carboxylic acids is 1. The van der Waals surface area contributed by atoms with Crippen LogP contribution in [0.4, 0.5) is 5.69 Å². The third-order valence-corrected chi connectivity index (χ3v) is 5.11. The summed E-state index contributed by atoms with van der Waals surface area (Å²) in [6, 6.07) is 31.2. The number of nitriles is 1. The van der Waals surface area contributed by atoms with Crippen molar-refractivity contribution >= 4 is 28.4 Å². The molecule has 0 radical (unpaired) electrons. The van der Waals surface area contributed by atoms with Crippen molar-refractivity contribution in [1.29, 1.82) is 5.26 Å². The van der Waals surface area contributed by atoms with Crippen LogP contribution in [0.25, 0.3) is 16.8 Å². The van der Waals surface area contributed by atoms with Crippen molar-refractivity contribution in [3.8, 4) is 11.8 Å². The zero-order valence-electron chi connectivity index (χ0n) is 17.7. The Balaban J connectivity index is 1.43. The Morgan fingerprint density at radius 1 is 0.969 bits per heavy atom. The van der Waals surface area contributed by atoms with E-state index in [1.807, 2.05) is 73.7 Å². The summed E-state index contributed by atoms with van der Waals surface area (Å²) in [7, 11) is 0. The van der Waals surface area contributed by atoms with Gasteiger partial charge in [-0.05, 0) is 64.7 Å². The Morgan fingerprint density at radius 3 is 2.50 bits per heavy atom. The SMILES string of the molecule is Cc1cccc(NC(=O)/C(C#N)=C\c2ccc(OCc3cccc4ccccc34)cc2)c1. The van der Waals surface area contributed by atoms with Crippen molar-refractivity contribution in [3.63, 3.8) is 0 Å². The third-order valence-electron chi connectivity index (χ3n) is 5.11. The van der Waals surface area contributed by atoms with Gasteiger partial charge in [-0.15, -0.1) is 0 Å². The van der Waals surface area contributed by atoms with Crippen LogP contribution in [-0.4, -0.2) is 5.91 Å². The Kier molecular flexibility index (Phi) is 6.29. The molecule has 0 fully saturated rings. The summed E-state index contributed by atoms with van der Waals surface area (Å²) in [5, 5.41) is 14.6. The Bertz CT molecular complexity index is 1330. The van der Waals surface area contributed by atoms with E-state index in [9.17, 15) is 10.1 Å². The van der Waals surface area contributed by atoms with Gasteiger partial charge in [0.25, 0.3) is 5.91 Å². The van der Waals surface area contributed by atoms with Crippen molar-refractivity contribution < 1.29 is 9.53 Å². The molecule has 0 aliphatic rings. The minimum absolute atomic E-state index is 0.0379. The van der Waals surface area contributed by atoms with Gasteiger partial charge in [-0.1, -0.05) is 66.7 Å². The van der Waals surface area contributed by atoms with Crippen LogP contribution in [0.1, 0.15) is 16.7 Å². The van der Waals surface area contributed by atoms with Crippen LogP contribution >= 0.6 is 0 Å². The lowest BCUT2D eigenvalue weighted by Gasteiger charge is -2.09. The number of hydrogen-bond acceptors (Lipinski definition) is 3. The number of nitrogens with zero attached hydrogens (tertiary/aromatic N) is 1. The van der Waals surface area contributed by atoms with Crippen LogP contribution in [0.5, 0.6) is 5.75 Å². The number of fused-ring (bicyclic) bond motifs is 1. The summed E-state index contributed by atoms with van der Waals surface area (Å²) in [6.07, 6.45) is 1.57. The lowest BCUT2D eigenvalue weighted by molar-refractivity contribution is -0.112. The van der Waals surface area contributed by atoms with E-state index in [1.165, 1.54) is 10.8 Å². The highest BCUT2D eigenvalue weighted by Gasteiger charge is 2.10. The van der Waals surface area contributed by atoms with E-state index < -0.39 is 5.91 Å². The van der Waals surface area contributed by atoms with Gasteiger partial charge in [-0.25, -0.2) is 0 Å². The largest absolute Gasteiger partial charge is 0.489 e. The number of anilines is 1. The fourth-order valence-electron chi connectivity index (χ4n) is 3.48. The fourth-order valence-corrected chi connectivity index (χ4v) is 3.48. The first-order valence-electron chi connectivity index (χ1n) is 10.3. The molecular formula is C28H22N2O2. The van der Waals surface area contributed by atoms with Gasteiger partial charge in [-0.2, -0.15) is 5.26 Å². The number of ether oxygens (including phenoxy) is 1.